The Bertz CT molecular complexity index is 1780. The number of fused-ring (bicyclic) bond motifs is 1. The fourth-order valence-corrected chi connectivity index (χ4v) is 7.96. The number of pyridine rings is 1. The van der Waals surface area contributed by atoms with Crippen molar-refractivity contribution in [1.29, 1.82) is 0 Å². The van der Waals surface area contributed by atoms with Crippen molar-refractivity contribution < 1.29 is 28.6 Å². The number of carbonyl (C=O) groups excluding carboxylic acids is 3. The predicted molar refractivity (Wildman–Crippen MR) is 207 cm³/mol. The van der Waals surface area contributed by atoms with Crippen molar-refractivity contribution in [2.75, 3.05) is 33.4 Å². The van der Waals surface area contributed by atoms with Crippen LogP contribution in [0.5, 0.6) is 11.5 Å². The molecule has 2 aliphatic heterocycles. The molecule has 3 aliphatic rings. The van der Waals surface area contributed by atoms with Crippen LogP contribution < -0.4 is 14.8 Å². The monoisotopic (exact) mass is 722 g/mol. The Morgan fingerprint density at radius 3 is 2.53 bits per heavy atom. The third-order valence-corrected chi connectivity index (χ3v) is 11.0. The number of unbranched alkanes of at least 4 members (excludes halogenated alkanes) is 3. The van der Waals surface area contributed by atoms with Gasteiger partial charge in [0.1, 0.15) is 29.2 Å². The molecule has 3 aromatic rings. The van der Waals surface area contributed by atoms with E-state index >= 15 is 0 Å². The molecule has 10 heteroatoms. The molecule has 0 unspecified atom stereocenters. The average Bonchev–Trinajstić information content (AvgIpc) is 3.75. The van der Waals surface area contributed by atoms with E-state index in [1.807, 2.05) is 60.7 Å². The van der Waals surface area contributed by atoms with Crippen molar-refractivity contribution in [3.63, 3.8) is 0 Å². The van der Waals surface area contributed by atoms with Gasteiger partial charge in [-0.25, -0.2) is 9.78 Å². The van der Waals surface area contributed by atoms with E-state index in [4.69, 9.17) is 19.2 Å². The van der Waals surface area contributed by atoms with E-state index in [1.54, 1.807) is 25.0 Å². The number of methoxy groups -OCH3 is 1. The van der Waals surface area contributed by atoms with Crippen molar-refractivity contribution in [1.82, 2.24) is 20.1 Å². The van der Waals surface area contributed by atoms with E-state index in [1.165, 1.54) is 0 Å². The third-order valence-electron chi connectivity index (χ3n) is 11.0. The highest BCUT2D eigenvalue weighted by Gasteiger charge is 2.62. The molecular formula is C43H54N4O6. The van der Waals surface area contributed by atoms with E-state index in [-0.39, 0.29) is 43.3 Å². The predicted octanol–water partition coefficient (Wildman–Crippen LogP) is 6.87. The highest BCUT2D eigenvalue weighted by atomic mass is 16.5. The molecule has 1 N–H and O–H groups in total. The number of benzene rings is 2. The minimum atomic E-state index is -1.18. The van der Waals surface area contributed by atoms with E-state index in [2.05, 4.69) is 23.4 Å². The summed E-state index contributed by atoms with van der Waals surface area (Å²) >= 11 is 0. The highest BCUT2D eigenvalue weighted by Crippen LogP contribution is 2.46. The summed E-state index contributed by atoms with van der Waals surface area (Å²) < 4.78 is 17.7. The van der Waals surface area contributed by atoms with Gasteiger partial charge in [0.25, 0.3) is 0 Å². The van der Waals surface area contributed by atoms with Gasteiger partial charge in [0.2, 0.25) is 11.8 Å². The zero-order valence-corrected chi connectivity index (χ0v) is 31.3. The summed E-state index contributed by atoms with van der Waals surface area (Å²) in [5, 5.41) is 3.84. The Morgan fingerprint density at radius 1 is 1.04 bits per heavy atom. The van der Waals surface area contributed by atoms with Gasteiger partial charge in [0.05, 0.1) is 37.5 Å². The lowest BCUT2D eigenvalue weighted by molar-refractivity contribution is -0.150. The number of nitrogens with one attached hydrogen (secondary N) is 1. The first-order valence-electron chi connectivity index (χ1n) is 19.3. The lowest BCUT2D eigenvalue weighted by Gasteiger charge is -2.37. The summed E-state index contributed by atoms with van der Waals surface area (Å²) in [6, 6.07) is 16.3. The number of amides is 2. The fourth-order valence-electron chi connectivity index (χ4n) is 7.96. The summed E-state index contributed by atoms with van der Waals surface area (Å²) in [7, 11) is 1.62. The molecule has 2 aromatic carbocycles. The second kappa shape index (κ2) is 17.4. The summed E-state index contributed by atoms with van der Waals surface area (Å²) in [4.78, 5) is 51.4. The van der Waals surface area contributed by atoms with Gasteiger partial charge >= 0.3 is 5.97 Å². The molecule has 282 valence electrons. The van der Waals surface area contributed by atoms with Crippen molar-refractivity contribution in [2.24, 2.45) is 5.92 Å². The van der Waals surface area contributed by atoms with Crippen LogP contribution in [0.25, 0.3) is 22.2 Å². The number of likely N-dealkylation sites (tertiary alicyclic amines) is 2. The summed E-state index contributed by atoms with van der Waals surface area (Å²) in [6.45, 7) is 11.6. The molecule has 1 aromatic heterocycles. The van der Waals surface area contributed by atoms with Crippen LogP contribution in [0.2, 0.25) is 0 Å². The van der Waals surface area contributed by atoms with Gasteiger partial charge in [-0.15, -0.1) is 13.2 Å². The zero-order chi connectivity index (χ0) is 37.4. The molecular weight excluding hydrogens is 668 g/mol. The number of carbonyl (C=O) groups is 3. The van der Waals surface area contributed by atoms with Gasteiger partial charge in [-0.05, 0) is 70.7 Å². The number of hydrogen-bond acceptors (Lipinski definition) is 8. The number of nitrogens with zero attached hydrogens (tertiary/aromatic N) is 3. The van der Waals surface area contributed by atoms with Crippen LogP contribution in [-0.4, -0.2) is 89.6 Å². The fraction of sp³-hybridized carbons (Fsp3) is 0.488. The zero-order valence-electron chi connectivity index (χ0n) is 31.3. The van der Waals surface area contributed by atoms with Gasteiger partial charge in [-0.3, -0.25) is 14.5 Å². The minimum Gasteiger partial charge on any atom is -0.497 e. The van der Waals surface area contributed by atoms with Gasteiger partial charge in [0, 0.05) is 35.4 Å². The Balaban J connectivity index is 1.32. The molecule has 0 spiro atoms. The Labute approximate surface area is 313 Å². The van der Waals surface area contributed by atoms with Gasteiger partial charge in [0.15, 0.2) is 0 Å². The maximum atomic E-state index is 14.8. The second-order valence-corrected chi connectivity index (χ2v) is 14.5. The number of aromatic nitrogens is 1. The lowest BCUT2D eigenvalue weighted by atomic mass is 10.0. The van der Waals surface area contributed by atoms with Crippen molar-refractivity contribution in [3.05, 3.63) is 79.9 Å². The van der Waals surface area contributed by atoms with Crippen LogP contribution in [0, 0.1) is 5.92 Å². The first kappa shape index (κ1) is 38.0. The first-order valence-corrected chi connectivity index (χ1v) is 19.3. The van der Waals surface area contributed by atoms with Crippen molar-refractivity contribution in [2.45, 2.75) is 94.9 Å². The van der Waals surface area contributed by atoms with Crippen LogP contribution >= 0.6 is 0 Å². The molecule has 3 heterocycles. The minimum absolute atomic E-state index is 0.0579. The van der Waals surface area contributed by atoms with Gasteiger partial charge in [-0.1, -0.05) is 61.7 Å². The molecule has 10 nitrogen and oxygen atoms in total. The number of piperidine rings is 1. The summed E-state index contributed by atoms with van der Waals surface area (Å²) in [6.07, 6.45) is 11.7. The van der Waals surface area contributed by atoms with Crippen LogP contribution in [0.3, 0.4) is 0 Å². The smallest absolute Gasteiger partial charge is 0.332 e. The number of allylic oxidation sites excluding steroid dienone is 1. The number of hydrogen-bond donors (Lipinski definition) is 1. The molecule has 1 aliphatic carbocycles. The quantitative estimate of drug-likeness (QED) is 0.0914. The van der Waals surface area contributed by atoms with Crippen LogP contribution in [-0.2, 0) is 19.1 Å². The molecule has 53 heavy (non-hydrogen) atoms. The Hall–Kier alpha value is -4.70. The molecule has 0 bridgehead atoms. The highest BCUT2D eigenvalue weighted by molar-refractivity contribution is 5.96. The van der Waals surface area contributed by atoms with E-state index < -0.39 is 23.7 Å². The summed E-state index contributed by atoms with van der Waals surface area (Å²) in [5.74, 6) is 0.145. The standard InChI is InChI=1S/C43H54N4O6/c1-5-8-9-10-15-20-37(46-23-16-12-17-24-46)41(49)47-29-33(26-38(47)40(48)45-43(28-31(43)6-2)42(50)52-7-3)53-39-27-35(30-18-13-11-14-19-30)44-36-25-32(51-4)21-22-34(36)39/h5-6,11,13-14,18-19,21-22,25,27,31,33,37-38H,1-2,7-10,12,15-17,20,23-24,26,28-29H2,3-4H3,(H,45,48)/t31-,33-,37+,38+,43-/m1/s1. The molecule has 1 saturated carbocycles. The molecule has 0 radical (unpaired) electrons. The average molecular weight is 723 g/mol. The maximum Gasteiger partial charge on any atom is 0.332 e. The lowest BCUT2D eigenvalue weighted by Crippen LogP contribution is -2.57. The second-order valence-electron chi connectivity index (χ2n) is 14.5. The van der Waals surface area contributed by atoms with Crippen LogP contribution in [0.1, 0.15) is 71.1 Å². The normalized spacial score (nSPS) is 23.2. The number of ether oxygens (including phenoxy) is 3. The Kier molecular flexibility index (Phi) is 12.5. The van der Waals surface area contributed by atoms with Gasteiger partial charge in [-0.2, -0.15) is 0 Å². The summed E-state index contributed by atoms with van der Waals surface area (Å²) in [5.41, 5.74) is 1.21. The molecule has 6 rings (SSSR count). The van der Waals surface area contributed by atoms with E-state index in [0.717, 1.165) is 81.1 Å². The first-order chi connectivity index (χ1) is 25.8. The van der Waals surface area contributed by atoms with E-state index in [9.17, 15) is 14.4 Å². The molecule has 2 amide bonds. The third kappa shape index (κ3) is 8.59. The maximum absolute atomic E-state index is 14.8. The topological polar surface area (TPSA) is 110 Å². The Morgan fingerprint density at radius 2 is 1.83 bits per heavy atom. The largest absolute Gasteiger partial charge is 0.497 e. The number of rotatable bonds is 17. The van der Waals surface area contributed by atoms with Crippen LogP contribution in [0.15, 0.2) is 79.9 Å². The molecule has 3 fully saturated rings. The van der Waals surface area contributed by atoms with Crippen LogP contribution in [0.4, 0.5) is 0 Å². The molecule has 2 saturated heterocycles. The SMILES string of the molecule is C=CCCCCC[C@@H](C(=O)N1C[C@H](Oc2cc(-c3ccccc3)nc3cc(OC)ccc23)C[C@H]1C(=O)N[C@]1(C(=O)OCC)C[C@H]1C=C)N1CCCCC1. The van der Waals surface area contributed by atoms with Crippen molar-refractivity contribution >= 4 is 28.7 Å². The van der Waals surface area contributed by atoms with E-state index in [0.29, 0.717) is 23.4 Å². The molecule has 5 atom stereocenters. The number of esters is 1. The van der Waals surface area contributed by atoms with Crippen molar-refractivity contribution in [3.8, 4) is 22.8 Å². The van der Waals surface area contributed by atoms with Gasteiger partial charge < -0.3 is 24.4 Å².